The first-order valence-electron chi connectivity index (χ1n) is 9.85. The Morgan fingerprint density at radius 2 is 1.13 bits per heavy atom. The smallest absolute Gasteiger partial charge is 0.231 e. The van der Waals surface area contributed by atoms with Gasteiger partial charge in [0.25, 0.3) is 0 Å². The van der Waals surface area contributed by atoms with Gasteiger partial charge < -0.3 is 38.6 Å². The van der Waals surface area contributed by atoms with Crippen molar-refractivity contribution in [3.8, 4) is 45.6 Å². The van der Waals surface area contributed by atoms with Gasteiger partial charge in [0.05, 0.1) is 26.4 Å². The fourth-order valence-electron chi connectivity index (χ4n) is 4.58. The van der Waals surface area contributed by atoms with Crippen LogP contribution in [0.4, 0.5) is 0 Å². The maximum absolute atomic E-state index is 11.3. The molecule has 1 aliphatic carbocycles. The van der Waals surface area contributed by atoms with Crippen molar-refractivity contribution in [2.75, 3.05) is 27.8 Å². The van der Waals surface area contributed by atoms with Crippen LogP contribution < -0.4 is 28.4 Å². The van der Waals surface area contributed by atoms with Crippen LogP contribution in [0.3, 0.4) is 0 Å². The summed E-state index contributed by atoms with van der Waals surface area (Å²) in [5, 5.41) is 22.6. The van der Waals surface area contributed by atoms with E-state index >= 15 is 0 Å². The molecule has 2 aliphatic heterocycles. The van der Waals surface area contributed by atoms with Gasteiger partial charge in [0.15, 0.2) is 23.0 Å². The maximum Gasteiger partial charge on any atom is 0.231 e. The minimum absolute atomic E-state index is 0.0599. The van der Waals surface area contributed by atoms with Gasteiger partial charge in [-0.2, -0.15) is 0 Å². The molecule has 2 aromatic carbocycles. The predicted molar refractivity (Wildman–Crippen MR) is 105 cm³/mol. The van der Waals surface area contributed by atoms with Crippen molar-refractivity contribution in [3.05, 3.63) is 23.3 Å². The molecule has 30 heavy (non-hydrogen) atoms. The van der Waals surface area contributed by atoms with Gasteiger partial charge in [0, 0.05) is 11.1 Å². The van der Waals surface area contributed by atoms with Crippen molar-refractivity contribution in [2.45, 2.75) is 26.1 Å². The zero-order chi connectivity index (χ0) is 21.2. The van der Waals surface area contributed by atoms with E-state index in [4.69, 9.17) is 28.4 Å². The molecule has 2 heterocycles. The average Bonchev–Trinajstić information content (AvgIpc) is 3.42. The highest BCUT2D eigenvalue weighted by Crippen LogP contribution is 2.60. The average molecular weight is 416 g/mol. The highest BCUT2D eigenvalue weighted by molar-refractivity contribution is 5.89. The number of rotatable bonds is 2. The van der Waals surface area contributed by atoms with Crippen LogP contribution in [-0.4, -0.2) is 38.0 Å². The van der Waals surface area contributed by atoms with E-state index in [9.17, 15) is 10.2 Å². The fourth-order valence-corrected chi connectivity index (χ4v) is 4.58. The van der Waals surface area contributed by atoms with Gasteiger partial charge in [-0.25, -0.2) is 0 Å². The van der Waals surface area contributed by atoms with E-state index in [1.165, 1.54) is 14.2 Å². The first-order chi connectivity index (χ1) is 14.5. The van der Waals surface area contributed by atoms with Crippen molar-refractivity contribution >= 4 is 0 Å². The number of ether oxygens (including phenoxy) is 6. The molecule has 0 amide bonds. The number of fused-ring (bicyclic) bond motifs is 5. The lowest BCUT2D eigenvalue weighted by Crippen LogP contribution is -2.26. The largest absolute Gasteiger partial charge is 0.492 e. The zero-order valence-corrected chi connectivity index (χ0v) is 17.2. The lowest BCUT2D eigenvalue weighted by Gasteiger charge is -2.35. The summed E-state index contributed by atoms with van der Waals surface area (Å²) >= 11 is 0. The second-order valence-corrected chi connectivity index (χ2v) is 7.82. The Kier molecular flexibility index (Phi) is 4.37. The summed E-state index contributed by atoms with van der Waals surface area (Å²) in [5.74, 6) is 2.22. The van der Waals surface area contributed by atoms with Crippen molar-refractivity contribution in [3.63, 3.8) is 0 Å². The second kappa shape index (κ2) is 6.85. The number of methoxy groups -OCH3 is 2. The third kappa shape index (κ3) is 2.47. The Morgan fingerprint density at radius 3 is 1.50 bits per heavy atom. The summed E-state index contributed by atoms with van der Waals surface area (Å²) in [6.45, 7) is 3.94. The van der Waals surface area contributed by atoms with Crippen LogP contribution in [0, 0.1) is 11.8 Å². The molecular weight excluding hydrogens is 392 g/mol. The quantitative estimate of drug-likeness (QED) is 0.771. The molecule has 0 bridgehead atoms. The van der Waals surface area contributed by atoms with Crippen molar-refractivity contribution < 1.29 is 38.6 Å². The number of hydrogen-bond donors (Lipinski definition) is 2. The van der Waals surface area contributed by atoms with Gasteiger partial charge in [0.2, 0.25) is 25.1 Å². The summed E-state index contributed by atoms with van der Waals surface area (Å²) in [7, 11) is 3.06. The van der Waals surface area contributed by atoms with Gasteiger partial charge >= 0.3 is 0 Å². The molecule has 0 radical (unpaired) electrons. The maximum atomic E-state index is 11.3. The van der Waals surface area contributed by atoms with E-state index < -0.39 is 12.2 Å². The summed E-state index contributed by atoms with van der Waals surface area (Å²) in [6, 6.07) is 3.55. The molecule has 2 N–H and O–H groups in total. The number of benzene rings is 2. The lowest BCUT2D eigenvalue weighted by molar-refractivity contribution is 0.0198. The highest BCUT2D eigenvalue weighted by atomic mass is 16.7. The van der Waals surface area contributed by atoms with Gasteiger partial charge in [0.1, 0.15) is 0 Å². The Bertz CT molecular complexity index is 936. The van der Waals surface area contributed by atoms with E-state index in [0.717, 1.165) is 0 Å². The summed E-state index contributed by atoms with van der Waals surface area (Å²) in [5.41, 5.74) is 2.39. The van der Waals surface area contributed by atoms with Crippen LogP contribution in [0.25, 0.3) is 11.1 Å². The molecule has 0 saturated carbocycles. The molecule has 0 fully saturated rings. The molecule has 0 aromatic heterocycles. The Morgan fingerprint density at radius 1 is 0.733 bits per heavy atom. The predicted octanol–water partition coefficient (Wildman–Crippen LogP) is 3.18. The molecular formula is C22H24O8. The van der Waals surface area contributed by atoms with E-state index in [0.29, 0.717) is 56.8 Å². The molecule has 8 heteroatoms. The van der Waals surface area contributed by atoms with Crippen LogP contribution in [0.5, 0.6) is 34.5 Å². The Hall–Kier alpha value is -2.84. The Balaban J connectivity index is 1.94. The second-order valence-electron chi connectivity index (χ2n) is 7.82. The summed E-state index contributed by atoms with van der Waals surface area (Å²) < 4.78 is 34.0. The van der Waals surface area contributed by atoms with Gasteiger partial charge in [-0.3, -0.25) is 0 Å². The van der Waals surface area contributed by atoms with Crippen molar-refractivity contribution in [1.82, 2.24) is 0 Å². The third-order valence-electron chi connectivity index (χ3n) is 6.42. The summed E-state index contributed by atoms with van der Waals surface area (Å²) in [4.78, 5) is 0. The molecule has 4 atom stereocenters. The van der Waals surface area contributed by atoms with E-state index in [1.54, 1.807) is 12.1 Å². The molecule has 160 valence electrons. The van der Waals surface area contributed by atoms with Crippen LogP contribution in [0.2, 0.25) is 0 Å². The molecule has 3 aliphatic rings. The number of aliphatic hydroxyl groups is 2. The highest BCUT2D eigenvalue weighted by Gasteiger charge is 2.41. The molecule has 5 rings (SSSR count). The first-order valence-corrected chi connectivity index (χ1v) is 9.85. The molecule has 8 nitrogen and oxygen atoms in total. The lowest BCUT2D eigenvalue weighted by atomic mass is 9.74. The topological polar surface area (TPSA) is 95.8 Å². The Labute approximate surface area is 173 Å². The molecule has 0 unspecified atom stereocenters. The fraction of sp³-hybridized carbons (Fsp3) is 0.455. The van der Waals surface area contributed by atoms with E-state index in [1.807, 2.05) is 13.8 Å². The molecule has 0 spiro atoms. The van der Waals surface area contributed by atoms with Crippen LogP contribution in [0.15, 0.2) is 12.1 Å². The van der Waals surface area contributed by atoms with Crippen LogP contribution in [0.1, 0.15) is 37.2 Å². The van der Waals surface area contributed by atoms with Crippen molar-refractivity contribution in [1.29, 1.82) is 0 Å². The van der Waals surface area contributed by atoms with Gasteiger partial charge in [-0.1, -0.05) is 13.8 Å². The first kappa shape index (κ1) is 19.1. The van der Waals surface area contributed by atoms with Crippen LogP contribution in [-0.2, 0) is 0 Å². The third-order valence-corrected chi connectivity index (χ3v) is 6.42. The van der Waals surface area contributed by atoms with Gasteiger partial charge in [-0.15, -0.1) is 0 Å². The van der Waals surface area contributed by atoms with Gasteiger partial charge in [-0.05, 0) is 35.1 Å². The standard InChI is InChI=1S/C22H24O8/c1-9-10(2)18(24)12-6-14-20(30-8-28-14)22(26-4)16(12)15-11(17(9)23)5-13-19(21(15)25-3)29-7-27-13/h5-6,9-10,17-18,23-24H,7-8H2,1-4H3/t9-,10+,17-,18-/m0/s1. The number of aliphatic hydroxyl groups excluding tert-OH is 2. The van der Waals surface area contributed by atoms with Crippen molar-refractivity contribution in [2.24, 2.45) is 11.8 Å². The SMILES string of the molecule is COc1c2c(cc3c1-c1c(cc4c(c1OC)OCO4)[C@@H](O)[C@@H](C)[C@@H](C)[C@@H]3O)OCO2. The zero-order valence-electron chi connectivity index (χ0n) is 17.2. The van der Waals surface area contributed by atoms with Crippen LogP contribution >= 0.6 is 0 Å². The minimum Gasteiger partial charge on any atom is -0.492 e. The van der Waals surface area contributed by atoms with E-state index in [2.05, 4.69) is 0 Å². The minimum atomic E-state index is -0.878. The molecule has 2 aromatic rings. The number of hydrogen-bond acceptors (Lipinski definition) is 8. The normalized spacial score (nSPS) is 25.8. The summed E-state index contributed by atoms with van der Waals surface area (Å²) in [6.07, 6.45) is -1.76. The van der Waals surface area contributed by atoms with E-state index in [-0.39, 0.29) is 25.4 Å². The monoisotopic (exact) mass is 416 g/mol. The molecule has 0 saturated heterocycles.